The molecule has 0 spiro atoms. The molecule has 0 unspecified atom stereocenters. The first-order chi connectivity index (χ1) is 15.0. The van der Waals surface area contributed by atoms with Crippen molar-refractivity contribution in [2.45, 2.75) is 12.1 Å². The third-order valence-electron chi connectivity index (χ3n) is 5.39. The Labute approximate surface area is 176 Å². The van der Waals surface area contributed by atoms with Gasteiger partial charge in [-0.25, -0.2) is 4.79 Å². The number of methoxy groups -OCH3 is 1. The van der Waals surface area contributed by atoms with Crippen LogP contribution in [0.5, 0.6) is 11.6 Å². The largest absolute Gasteiger partial charge is 0.497 e. The number of H-pyrrole nitrogens is 1. The number of nitrogens with one attached hydrogen (secondary N) is 3. The van der Waals surface area contributed by atoms with E-state index in [0.717, 1.165) is 16.3 Å². The normalized spacial score (nSPS) is 18.0. The molecule has 3 amide bonds. The minimum Gasteiger partial charge on any atom is -0.497 e. The molecule has 3 heterocycles. The number of amides is 3. The van der Waals surface area contributed by atoms with Crippen LogP contribution in [0.25, 0.3) is 21.7 Å². The number of imide groups is 1. The summed E-state index contributed by atoms with van der Waals surface area (Å²) < 4.78 is 6.72. The molecule has 5 rings (SSSR count). The highest BCUT2D eigenvalue weighted by Gasteiger charge is 2.46. The summed E-state index contributed by atoms with van der Waals surface area (Å²) in [4.78, 5) is 27.8. The van der Waals surface area contributed by atoms with Crippen molar-refractivity contribution < 1.29 is 19.4 Å². The van der Waals surface area contributed by atoms with E-state index in [1.807, 2.05) is 36.5 Å². The number of aromatic amines is 1. The molecular weight excluding hydrogens is 396 g/mol. The van der Waals surface area contributed by atoms with Gasteiger partial charge >= 0.3 is 6.03 Å². The van der Waals surface area contributed by atoms with E-state index < -0.39 is 17.5 Å². The van der Waals surface area contributed by atoms with Crippen molar-refractivity contribution in [3.8, 4) is 23.5 Å². The molecule has 8 nitrogen and oxygen atoms in total. The number of hydrogen-bond donors (Lipinski definition) is 4. The lowest BCUT2D eigenvalue weighted by Gasteiger charge is -2.20. The van der Waals surface area contributed by atoms with Crippen LogP contribution in [-0.4, -0.2) is 39.2 Å². The average molecular weight is 414 g/mol. The van der Waals surface area contributed by atoms with Gasteiger partial charge in [0.2, 0.25) is 5.54 Å². The number of nitrogens with zero attached hydrogens (tertiary/aromatic N) is 1. The van der Waals surface area contributed by atoms with E-state index in [1.54, 1.807) is 25.4 Å². The van der Waals surface area contributed by atoms with E-state index in [1.165, 1.54) is 4.57 Å². The van der Waals surface area contributed by atoms with Gasteiger partial charge in [-0.1, -0.05) is 11.8 Å². The number of benzene rings is 2. The van der Waals surface area contributed by atoms with E-state index in [2.05, 4.69) is 27.5 Å². The fourth-order valence-corrected chi connectivity index (χ4v) is 3.77. The predicted molar refractivity (Wildman–Crippen MR) is 115 cm³/mol. The summed E-state index contributed by atoms with van der Waals surface area (Å²) in [6, 6.07) is 12.2. The highest BCUT2D eigenvalue weighted by molar-refractivity contribution is 6.09. The van der Waals surface area contributed by atoms with Gasteiger partial charge in [-0.05, 0) is 42.5 Å². The first-order valence-electron chi connectivity index (χ1n) is 9.57. The quantitative estimate of drug-likeness (QED) is 0.305. The van der Waals surface area contributed by atoms with Crippen LogP contribution in [0.1, 0.15) is 5.56 Å². The molecule has 4 aromatic rings. The van der Waals surface area contributed by atoms with Gasteiger partial charge in [0.1, 0.15) is 5.75 Å². The monoisotopic (exact) mass is 414 g/mol. The van der Waals surface area contributed by atoms with Crippen LogP contribution in [0, 0.1) is 11.8 Å². The van der Waals surface area contributed by atoms with E-state index in [4.69, 9.17) is 4.74 Å². The van der Waals surface area contributed by atoms with E-state index in [9.17, 15) is 14.7 Å². The molecule has 0 aliphatic carbocycles. The Morgan fingerprint density at radius 1 is 1.13 bits per heavy atom. The minimum atomic E-state index is -1.53. The van der Waals surface area contributed by atoms with Gasteiger partial charge in [0.05, 0.1) is 13.7 Å². The maximum Gasteiger partial charge on any atom is 0.323 e. The minimum absolute atomic E-state index is 0.0437. The number of aromatic hydroxyl groups is 1. The maximum atomic E-state index is 12.7. The second-order valence-electron chi connectivity index (χ2n) is 7.38. The molecule has 2 aromatic carbocycles. The molecule has 1 atom stereocenters. The Morgan fingerprint density at radius 2 is 2.00 bits per heavy atom. The highest BCUT2D eigenvalue weighted by Crippen LogP contribution is 2.32. The Hall–Kier alpha value is -4.38. The Balaban J connectivity index is 1.56. The standard InChI is InChI=1S/C23H18N4O4/c1-31-17-4-3-16-12-27(20(28)18(16)11-17)13-23(21(29)25-22(30)26-23)8-6-14-2-5-19-15(10-14)7-9-24-19/h2-5,7,9-12,24,28H,13H2,1H3,(H2,25,26,29,30)/t23-/m1/s1. The molecule has 31 heavy (non-hydrogen) atoms. The topological polar surface area (TPSA) is 108 Å². The second kappa shape index (κ2) is 6.85. The molecule has 1 saturated heterocycles. The fraction of sp³-hybridized carbons (Fsp3) is 0.130. The molecule has 4 N–H and O–H groups in total. The summed E-state index contributed by atoms with van der Waals surface area (Å²) in [5, 5.41) is 17.9. The van der Waals surface area contributed by atoms with Crippen LogP contribution in [0.15, 0.2) is 54.9 Å². The predicted octanol–water partition coefficient (Wildman–Crippen LogP) is 2.47. The van der Waals surface area contributed by atoms with Gasteiger partial charge in [-0.15, -0.1) is 0 Å². The van der Waals surface area contributed by atoms with Gasteiger partial charge < -0.3 is 24.7 Å². The number of carbonyl (C=O) groups is 2. The molecular formula is C23H18N4O4. The summed E-state index contributed by atoms with van der Waals surface area (Å²) in [5.74, 6) is 5.92. The number of hydrogen-bond acceptors (Lipinski definition) is 4. The third kappa shape index (κ3) is 3.13. The lowest BCUT2D eigenvalue weighted by molar-refractivity contribution is -0.122. The third-order valence-corrected chi connectivity index (χ3v) is 5.39. The van der Waals surface area contributed by atoms with Gasteiger partial charge in [-0.3, -0.25) is 10.1 Å². The van der Waals surface area contributed by atoms with Crippen LogP contribution >= 0.6 is 0 Å². The Kier molecular flexibility index (Phi) is 4.12. The number of aromatic nitrogens is 2. The van der Waals surface area contributed by atoms with Crippen LogP contribution in [-0.2, 0) is 11.3 Å². The van der Waals surface area contributed by atoms with Crippen molar-refractivity contribution in [1.82, 2.24) is 20.2 Å². The number of rotatable bonds is 3. The second-order valence-corrected chi connectivity index (χ2v) is 7.38. The van der Waals surface area contributed by atoms with Crippen LogP contribution in [0.2, 0.25) is 0 Å². The zero-order chi connectivity index (χ0) is 21.6. The summed E-state index contributed by atoms with van der Waals surface area (Å²) >= 11 is 0. The summed E-state index contributed by atoms with van der Waals surface area (Å²) in [5.41, 5.74) is 0.152. The molecule has 8 heteroatoms. The lowest BCUT2D eigenvalue weighted by Crippen LogP contribution is -2.49. The van der Waals surface area contributed by atoms with Gasteiger partial charge in [0.15, 0.2) is 5.88 Å². The molecule has 1 aliphatic heterocycles. The number of carbonyl (C=O) groups excluding carboxylic acids is 2. The van der Waals surface area contributed by atoms with Crippen molar-refractivity contribution in [3.63, 3.8) is 0 Å². The van der Waals surface area contributed by atoms with E-state index in [0.29, 0.717) is 16.7 Å². The molecule has 154 valence electrons. The van der Waals surface area contributed by atoms with Crippen LogP contribution < -0.4 is 15.4 Å². The molecule has 0 bridgehead atoms. The molecule has 2 aromatic heterocycles. The van der Waals surface area contributed by atoms with Crippen LogP contribution in [0.4, 0.5) is 4.79 Å². The van der Waals surface area contributed by atoms with Crippen molar-refractivity contribution in [3.05, 3.63) is 60.4 Å². The fourth-order valence-electron chi connectivity index (χ4n) is 3.77. The summed E-state index contributed by atoms with van der Waals surface area (Å²) in [7, 11) is 1.54. The smallest absolute Gasteiger partial charge is 0.323 e. The molecule has 0 radical (unpaired) electrons. The van der Waals surface area contributed by atoms with Gasteiger partial charge in [0, 0.05) is 39.6 Å². The van der Waals surface area contributed by atoms with Crippen molar-refractivity contribution in [2.24, 2.45) is 0 Å². The first-order valence-corrected chi connectivity index (χ1v) is 9.57. The number of fused-ring (bicyclic) bond motifs is 2. The molecule has 1 aliphatic rings. The van der Waals surface area contributed by atoms with Crippen molar-refractivity contribution in [2.75, 3.05) is 7.11 Å². The maximum absolute atomic E-state index is 12.7. The lowest BCUT2D eigenvalue weighted by atomic mass is 9.99. The molecule has 1 fully saturated rings. The summed E-state index contributed by atoms with van der Waals surface area (Å²) in [6.45, 7) is -0.0627. The first kappa shape index (κ1) is 18.6. The van der Waals surface area contributed by atoms with Crippen LogP contribution in [0.3, 0.4) is 0 Å². The average Bonchev–Trinajstić information content (AvgIpc) is 3.43. The Morgan fingerprint density at radius 3 is 2.77 bits per heavy atom. The van der Waals surface area contributed by atoms with E-state index in [-0.39, 0.29) is 12.4 Å². The molecule has 0 saturated carbocycles. The number of urea groups is 1. The Bertz CT molecular complexity index is 1420. The van der Waals surface area contributed by atoms with Crippen molar-refractivity contribution >= 4 is 33.6 Å². The zero-order valence-electron chi connectivity index (χ0n) is 16.5. The zero-order valence-corrected chi connectivity index (χ0v) is 16.5. The van der Waals surface area contributed by atoms with E-state index >= 15 is 0 Å². The van der Waals surface area contributed by atoms with Gasteiger partial charge in [0.25, 0.3) is 5.91 Å². The van der Waals surface area contributed by atoms with Crippen molar-refractivity contribution in [1.29, 1.82) is 0 Å². The highest BCUT2D eigenvalue weighted by atomic mass is 16.5. The summed E-state index contributed by atoms with van der Waals surface area (Å²) in [6.07, 6.45) is 3.54. The van der Waals surface area contributed by atoms with Gasteiger partial charge in [-0.2, -0.15) is 0 Å². The number of ether oxygens (including phenoxy) is 1. The SMILES string of the molecule is COc1ccc2cn(C[C@@]3(C#Cc4ccc5[nH]ccc5c4)NC(=O)NC3=O)c(O)c2c1.